The maximum Gasteiger partial charge on any atom is 0.253 e. The number of hydrazone groups is 1. The van der Waals surface area contributed by atoms with Crippen LogP contribution in [0.5, 0.6) is 0 Å². The van der Waals surface area contributed by atoms with Crippen molar-refractivity contribution in [3.63, 3.8) is 0 Å². The van der Waals surface area contributed by atoms with Crippen LogP contribution in [0.1, 0.15) is 34.8 Å². The number of rotatable bonds is 4. The Balaban J connectivity index is 1.22. The molecule has 30 heavy (non-hydrogen) atoms. The molecule has 1 fully saturated rings. The smallest absolute Gasteiger partial charge is 0.253 e. The lowest BCUT2D eigenvalue weighted by molar-refractivity contribution is 0.0683. The number of nitrogens with one attached hydrogen (secondary N) is 1. The van der Waals surface area contributed by atoms with Crippen LogP contribution < -0.4 is 5.43 Å². The van der Waals surface area contributed by atoms with Gasteiger partial charge in [0.25, 0.3) is 5.91 Å². The Labute approximate surface area is 180 Å². The van der Waals surface area contributed by atoms with Gasteiger partial charge in [-0.05, 0) is 55.2 Å². The van der Waals surface area contributed by atoms with Crippen molar-refractivity contribution in [1.29, 1.82) is 0 Å². The van der Waals surface area contributed by atoms with Gasteiger partial charge in [0.15, 0.2) is 0 Å². The van der Waals surface area contributed by atoms with E-state index in [2.05, 4.69) is 38.4 Å². The van der Waals surface area contributed by atoms with Crippen LogP contribution in [0.3, 0.4) is 0 Å². The van der Waals surface area contributed by atoms with E-state index in [1.54, 1.807) is 24.3 Å². The van der Waals surface area contributed by atoms with Crippen molar-refractivity contribution in [2.75, 3.05) is 19.6 Å². The second kappa shape index (κ2) is 8.11. The van der Waals surface area contributed by atoms with Crippen LogP contribution in [0.4, 0.5) is 0 Å². The third kappa shape index (κ3) is 3.79. The van der Waals surface area contributed by atoms with Crippen molar-refractivity contribution < 1.29 is 4.79 Å². The highest BCUT2D eigenvalue weighted by atomic mass is 35.5. The van der Waals surface area contributed by atoms with Gasteiger partial charge in [-0.2, -0.15) is 5.10 Å². The van der Waals surface area contributed by atoms with E-state index in [-0.39, 0.29) is 11.8 Å². The van der Waals surface area contributed by atoms with Gasteiger partial charge in [-0.1, -0.05) is 11.6 Å². The first-order chi connectivity index (χ1) is 14.7. The zero-order chi connectivity index (χ0) is 20.5. The Bertz CT molecular complexity index is 1080. The summed E-state index contributed by atoms with van der Waals surface area (Å²) in [6, 6.07) is 11.5. The summed E-state index contributed by atoms with van der Waals surface area (Å²) in [5, 5.41) is 5.96. The Kier molecular flexibility index (Phi) is 5.17. The Hall–Kier alpha value is -2.86. The molecule has 154 valence electrons. The molecule has 1 unspecified atom stereocenters. The monoisotopic (exact) mass is 421 g/mol. The van der Waals surface area contributed by atoms with E-state index in [0.29, 0.717) is 16.5 Å². The lowest BCUT2D eigenvalue weighted by Crippen LogP contribution is -2.39. The molecule has 0 spiro atoms. The average molecular weight is 422 g/mol. The van der Waals surface area contributed by atoms with Crippen molar-refractivity contribution in [3.05, 3.63) is 65.1 Å². The molecule has 2 aliphatic rings. The molecule has 0 aliphatic carbocycles. The van der Waals surface area contributed by atoms with Crippen LogP contribution in [0.15, 0.2) is 53.9 Å². The molecule has 2 aromatic heterocycles. The fraction of sp³-hybridized carbons (Fsp3) is 0.348. The van der Waals surface area contributed by atoms with Crippen LogP contribution in [-0.2, 0) is 6.54 Å². The summed E-state index contributed by atoms with van der Waals surface area (Å²) in [5.74, 6) is 0.902. The number of amides is 1. The minimum absolute atomic E-state index is 0.0956. The number of fused-ring (bicyclic) bond motifs is 1. The van der Waals surface area contributed by atoms with Crippen LogP contribution >= 0.6 is 11.6 Å². The van der Waals surface area contributed by atoms with Crippen molar-refractivity contribution >= 4 is 34.6 Å². The molecule has 1 amide bonds. The lowest BCUT2D eigenvalue weighted by atomic mass is 9.96. The molecule has 4 heterocycles. The highest BCUT2D eigenvalue weighted by Crippen LogP contribution is 2.25. The second-order valence-electron chi connectivity index (χ2n) is 8.13. The Morgan fingerprint density at radius 3 is 2.70 bits per heavy atom. The van der Waals surface area contributed by atoms with E-state index in [4.69, 9.17) is 11.6 Å². The van der Waals surface area contributed by atoms with E-state index < -0.39 is 0 Å². The van der Waals surface area contributed by atoms with Gasteiger partial charge in [0.2, 0.25) is 0 Å². The second-order valence-corrected chi connectivity index (χ2v) is 8.56. The highest BCUT2D eigenvalue weighted by molar-refractivity contribution is 6.30. The van der Waals surface area contributed by atoms with Gasteiger partial charge in [0.1, 0.15) is 0 Å². The molecule has 6 nitrogen and oxygen atoms in total. The number of aromatic nitrogens is 2. The SMILES string of the molecule is O=C(c1ccc(Cl)cc1)N1CCC(Cn2ccc3cc(C4C=NNC4)ncc32)CC1. The molecule has 1 atom stereocenters. The first-order valence-electron chi connectivity index (χ1n) is 10.4. The van der Waals surface area contributed by atoms with Gasteiger partial charge in [-0.25, -0.2) is 0 Å². The van der Waals surface area contributed by atoms with Gasteiger partial charge in [0, 0.05) is 54.6 Å². The number of pyridine rings is 1. The molecule has 2 aliphatic heterocycles. The first-order valence-corrected chi connectivity index (χ1v) is 10.8. The zero-order valence-corrected chi connectivity index (χ0v) is 17.4. The molecular formula is C23H24ClN5O. The summed E-state index contributed by atoms with van der Waals surface area (Å²) in [6.07, 6.45) is 8.08. The summed E-state index contributed by atoms with van der Waals surface area (Å²) in [4.78, 5) is 19.3. The normalized spacial score (nSPS) is 19.4. The number of carbonyl (C=O) groups is 1. The summed E-state index contributed by atoms with van der Waals surface area (Å²) < 4.78 is 2.30. The van der Waals surface area contributed by atoms with Crippen LogP contribution in [0.25, 0.3) is 10.9 Å². The van der Waals surface area contributed by atoms with Crippen LogP contribution in [-0.4, -0.2) is 46.2 Å². The number of carbonyl (C=O) groups excluding carboxylic acids is 1. The number of piperidine rings is 1. The van der Waals surface area contributed by atoms with Gasteiger partial charge >= 0.3 is 0 Å². The van der Waals surface area contributed by atoms with Crippen LogP contribution in [0, 0.1) is 5.92 Å². The van der Waals surface area contributed by atoms with Gasteiger partial charge < -0.3 is 14.9 Å². The maximum atomic E-state index is 12.7. The highest BCUT2D eigenvalue weighted by Gasteiger charge is 2.24. The molecule has 5 rings (SSSR count). The minimum atomic E-state index is 0.0956. The van der Waals surface area contributed by atoms with E-state index in [9.17, 15) is 4.79 Å². The Morgan fingerprint density at radius 1 is 1.17 bits per heavy atom. The predicted octanol–water partition coefficient (Wildman–Crippen LogP) is 3.91. The molecule has 1 N–H and O–H groups in total. The quantitative estimate of drug-likeness (QED) is 0.694. The van der Waals surface area contributed by atoms with E-state index in [1.165, 1.54) is 10.9 Å². The van der Waals surface area contributed by atoms with Gasteiger partial charge in [0.05, 0.1) is 23.3 Å². The van der Waals surface area contributed by atoms with Crippen molar-refractivity contribution in [1.82, 2.24) is 19.9 Å². The fourth-order valence-electron chi connectivity index (χ4n) is 4.37. The maximum absolute atomic E-state index is 12.7. The topological polar surface area (TPSA) is 62.5 Å². The molecule has 1 aromatic carbocycles. The van der Waals surface area contributed by atoms with E-state index in [0.717, 1.165) is 44.7 Å². The Morgan fingerprint density at radius 2 is 1.97 bits per heavy atom. The summed E-state index contributed by atoms with van der Waals surface area (Å²) in [5.41, 5.74) is 5.93. The average Bonchev–Trinajstić information content (AvgIpc) is 3.45. The van der Waals surface area contributed by atoms with Gasteiger partial charge in [-0.3, -0.25) is 9.78 Å². The first kappa shape index (κ1) is 19.1. The molecule has 0 radical (unpaired) electrons. The molecule has 1 saturated heterocycles. The van der Waals surface area contributed by atoms with E-state index in [1.807, 2.05) is 17.3 Å². The number of hydrogen-bond acceptors (Lipinski definition) is 4. The van der Waals surface area contributed by atoms with Gasteiger partial charge in [-0.15, -0.1) is 0 Å². The number of nitrogens with zero attached hydrogens (tertiary/aromatic N) is 4. The predicted molar refractivity (Wildman–Crippen MR) is 119 cm³/mol. The molecular weight excluding hydrogens is 398 g/mol. The number of likely N-dealkylation sites (tertiary alicyclic amines) is 1. The standard InChI is InChI=1S/C23H24ClN5O/c24-20-3-1-17(2-4-20)23(30)28-8-5-16(6-9-28)15-29-10-7-18-11-21(25-14-22(18)29)19-12-26-27-13-19/h1-4,7,10-12,14,16,19,27H,5-6,8-9,13,15H2. The number of benzene rings is 1. The largest absolute Gasteiger partial charge is 0.346 e. The third-order valence-electron chi connectivity index (χ3n) is 6.16. The number of halogens is 1. The third-order valence-corrected chi connectivity index (χ3v) is 6.42. The van der Waals surface area contributed by atoms with E-state index >= 15 is 0 Å². The van der Waals surface area contributed by atoms with Crippen molar-refractivity contribution in [2.24, 2.45) is 11.0 Å². The minimum Gasteiger partial charge on any atom is -0.346 e. The summed E-state index contributed by atoms with van der Waals surface area (Å²) >= 11 is 5.93. The summed E-state index contributed by atoms with van der Waals surface area (Å²) in [6.45, 7) is 3.36. The lowest BCUT2D eigenvalue weighted by Gasteiger charge is -2.32. The van der Waals surface area contributed by atoms with Crippen molar-refractivity contribution in [3.8, 4) is 0 Å². The molecule has 7 heteroatoms. The number of hydrogen-bond donors (Lipinski definition) is 1. The molecule has 0 saturated carbocycles. The fourth-order valence-corrected chi connectivity index (χ4v) is 4.49. The van der Waals surface area contributed by atoms with Crippen LogP contribution in [0.2, 0.25) is 5.02 Å². The molecule has 0 bridgehead atoms. The molecule has 3 aromatic rings. The zero-order valence-electron chi connectivity index (χ0n) is 16.7. The summed E-state index contributed by atoms with van der Waals surface area (Å²) in [7, 11) is 0. The van der Waals surface area contributed by atoms with Crippen molar-refractivity contribution in [2.45, 2.75) is 25.3 Å².